The van der Waals surface area contributed by atoms with Crippen molar-refractivity contribution < 1.29 is 28.2 Å². The van der Waals surface area contributed by atoms with Crippen molar-refractivity contribution in [1.82, 2.24) is 4.98 Å². The fourth-order valence-corrected chi connectivity index (χ4v) is 7.13. The van der Waals surface area contributed by atoms with Gasteiger partial charge in [0.15, 0.2) is 0 Å². The Hall–Kier alpha value is -3.98. The average molecular weight is 608 g/mol. The Balaban J connectivity index is 1.69. The number of hydrogen-bond donors (Lipinski definition) is 2. The number of hydrogen-bond acceptors (Lipinski definition) is 6. The highest BCUT2D eigenvalue weighted by Crippen LogP contribution is 2.64. The molecule has 0 radical (unpaired) electrons. The highest BCUT2D eigenvalue weighted by Gasteiger charge is 2.67. The molecular formula is C33H35ClFN3O5. The molecule has 10 heteroatoms. The molecule has 3 aromatic rings. The Kier molecular flexibility index (Phi) is 7.98. The highest BCUT2D eigenvalue weighted by molar-refractivity contribution is 6.30. The Morgan fingerprint density at radius 3 is 2.60 bits per heavy atom. The van der Waals surface area contributed by atoms with Crippen LogP contribution in [-0.2, 0) is 19.7 Å². The first kappa shape index (κ1) is 30.5. The van der Waals surface area contributed by atoms with Gasteiger partial charge in [-0.2, -0.15) is 0 Å². The SMILES string of the molecule is COC(=O)c1ccc(NC(=O)[C@@H]2C[C@@H](CC(C)(C)C)[C@@]3(C(=O)Nc4c(C)ccnc43)[C@H]2c2cccc(Cl)c2F)c(OC)c1. The molecule has 8 nitrogen and oxygen atoms in total. The number of aromatic nitrogens is 1. The number of amides is 2. The van der Waals surface area contributed by atoms with Crippen LogP contribution in [0.5, 0.6) is 5.75 Å². The van der Waals surface area contributed by atoms with E-state index in [2.05, 4.69) is 31.4 Å². The number of esters is 1. The van der Waals surface area contributed by atoms with E-state index in [4.69, 9.17) is 26.1 Å². The molecule has 0 unspecified atom stereocenters. The van der Waals surface area contributed by atoms with Gasteiger partial charge in [-0.15, -0.1) is 0 Å². The zero-order chi connectivity index (χ0) is 31.3. The van der Waals surface area contributed by atoms with Crippen molar-refractivity contribution in [3.8, 4) is 5.75 Å². The van der Waals surface area contributed by atoms with Gasteiger partial charge >= 0.3 is 5.97 Å². The van der Waals surface area contributed by atoms with Gasteiger partial charge in [0, 0.05) is 18.0 Å². The first-order chi connectivity index (χ1) is 20.3. The average Bonchev–Trinajstić information content (AvgIpc) is 3.45. The smallest absolute Gasteiger partial charge is 0.337 e. The lowest BCUT2D eigenvalue weighted by atomic mass is 9.63. The minimum Gasteiger partial charge on any atom is -0.495 e. The summed E-state index contributed by atoms with van der Waals surface area (Å²) in [6.45, 7) is 8.12. The van der Waals surface area contributed by atoms with Gasteiger partial charge in [0.2, 0.25) is 11.8 Å². The van der Waals surface area contributed by atoms with Crippen molar-refractivity contribution in [2.45, 2.75) is 51.9 Å². The number of nitrogens with one attached hydrogen (secondary N) is 2. The van der Waals surface area contributed by atoms with E-state index in [1.54, 1.807) is 24.4 Å². The van der Waals surface area contributed by atoms with E-state index in [1.807, 2.05) is 13.0 Å². The van der Waals surface area contributed by atoms with E-state index in [0.29, 0.717) is 29.9 Å². The van der Waals surface area contributed by atoms with Crippen molar-refractivity contribution in [1.29, 1.82) is 0 Å². The van der Waals surface area contributed by atoms with Crippen LogP contribution in [-0.4, -0.2) is 37.0 Å². The lowest BCUT2D eigenvalue weighted by Crippen LogP contribution is -2.45. The molecule has 2 heterocycles. The zero-order valence-electron chi connectivity index (χ0n) is 25.0. The summed E-state index contributed by atoms with van der Waals surface area (Å²) in [5, 5.41) is 5.89. The van der Waals surface area contributed by atoms with Gasteiger partial charge in [0.05, 0.1) is 41.9 Å². The molecule has 1 spiro atoms. The number of benzene rings is 2. The molecule has 2 N–H and O–H groups in total. The summed E-state index contributed by atoms with van der Waals surface area (Å²) in [6.07, 6.45) is 2.52. The number of aryl methyl sites for hydroxylation is 1. The minimum absolute atomic E-state index is 0.0954. The van der Waals surface area contributed by atoms with Gasteiger partial charge in [0.1, 0.15) is 17.0 Å². The van der Waals surface area contributed by atoms with Gasteiger partial charge in [-0.05, 0) is 72.6 Å². The van der Waals surface area contributed by atoms with Crippen LogP contribution in [0.15, 0.2) is 48.7 Å². The van der Waals surface area contributed by atoms with E-state index >= 15 is 4.39 Å². The normalized spacial score (nSPS) is 22.7. The Labute approximate surface area is 255 Å². The number of halogens is 2. The summed E-state index contributed by atoms with van der Waals surface area (Å²) in [6, 6.07) is 11.0. The monoisotopic (exact) mass is 607 g/mol. The summed E-state index contributed by atoms with van der Waals surface area (Å²) in [5.74, 6) is -3.82. The molecule has 2 aliphatic rings. The lowest BCUT2D eigenvalue weighted by Gasteiger charge is -2.38. The van der Waals surface area contributed by atoms with Crippen LogP contribution in [0.3, 0.4) is 0 Å². The third-order valence-electron chi connectivity index (χ3n) is 8.63. The van der Waals surface area contributed by atoms with E-state index in [0.717, 1.165) is 5.56 Å². The molecule has 226 valence electrons. The molecule has 2 amide bonds. The largest absolute Gasteiger partial charge is 0.495 e. The number of nitrogens with zero attached hydrogens (tertiary/aromatic N) is 1. The molecule has 1 aliphatic carbocycles. The number of carbonyl (C=O) groups is 3. The number of fused-ring (bicyclic) bond motifs is 2. The molecule has 43 heavy (non-hydrogen) atoms. The van der Waals surface area contributed by atoms with Gasteiger partial charge < -0.3 is 20.1 Å². The number of methoxy groups -OCH3 is 2. The fourth-order valence-electron chi connectivity index (χ4n) is 6.95. The second kappa shape index (κ2) is 11.3. The highest BCUT2D eigenvalue weighted by atomic mass is 35.5. The molecule has 0 bridgehead atoms. The van der Waals surface area contributed by atoms with Crippen molar-refractivity contribution >= 4 is 40.8 Å². The number of carbonyl (C=O) groups excluding carboxylic acids is 3. The second-order valence-electron chi connectivity index (χ2n) is 12.5. The summed E-state index contributed by atoms with van der Waals surface area (Å²) in [5.41, 5.74) is 1.15. The van der Waals surface area contributed by atoms with Crippen molar-refractivity contribution in [2.24, 2.45) is 17.3 Å². The molecule has 4 atom stereocenters. The van der Waals surface area contributed by atoms with Gasteiger partial charge in [-0.1, -0.05) is 44.5 Å². The number of rotatable bonds is 6. The first-order valence-electron chi connectivity index (χ1n) is 14.1. The molecule has 2 aromatic carbocycles. The second-order valence-corrected chi connectivity index (χ2v) is 12.9. The molecule has 0 saturated heterocycles. The van der Waals surface area contributed by atoms with Crippen molar-refractivity contribution in [2.75, 3.05) is 24.9 Å². The maximum absolute atomic E-state index is 16.0. The molecule has 1 aromatic heterocycles. The third kappa shape index (κ3) is 5.13. The molecular weight excluding hydrogens is 573 g/mol. The van der Waals surface area contributed by atoms with Crippen LogP contribution < -0.4 is 15.4 Å². The van der Waals surface area contributed by atoms with Gasteiger partial charge in [0.25, 0.3) is 0 Å². The molecule has 1 aliphatic heterocycles. The van der Waals surface area contributed by atoms with E-state index < -0.39 is 34.9 Å². The van der Waals surface area contributed by atoms with Crippen molar-refractivity contribution in [3.63, 3.8) is 0 Å². The number of ether oxygens (including phenoxy) is 2. The zero-order valence-corrected chi connectivity index (χ0v) is 25.8. The maximum atomic E-state index is 16.0. The van der Waals surface area contributed by atoms with Crippen LogP contribution in [0, 0.1) is 30.0 Å². The topological polar surface area (TPSA) is 107 Å². The van der Waals surface area contributed by atoms with E-state index in [9.17, 15) is 14.4 Å². The number of pyridine rings is 1. The van der Waals surface area contributed by atoms with Gasteiger partial charge in [-0.3, -0.25) is 14.6 Å². The summed E-state index contributed by atoms with van der Waals surface area (Å²) >= 11 is 6.29. The van der Waals surface area contributed by atoms with Crippen LogP contribution in [0.25, 0.3) is 0 Å². The fraction of sp³-hybridized carbons (Fsp3) is 0.394. The summed E-state index contributed by atoms with van der Waals surface area (Å²) < 4.78 is 26.3. The lowest BCUT2D eigenvalue weighted by molar-refractivity contribution is -0.123. The summed E-state index contributed by atoms with van der Waals surface area (Å²) in [7, 11) is 2.70. The molecule has 1 saturated carbocycles. The van der Waals surface area contributed by atoms with Crippen LogP contribution in [0.4, 0.5) is 15.8 Å². The molecule has 1 fully saturated rings. The van der Waals surface area contributed by atoms with E-state index in [-0.39, 0.29) is 39.1 Å². The van der Waals surface area contributed by atoms with E-state index in [1.165, 1.54) is 32.4 Å². The van der Waals surface area contributed by atoms with Crippen LogP contribution in [0.2, 0.25) is 5.02 Å². The first-order valence-corrected chi connectivity index (χ1v) is 14.5. The summed E-state index contributed by atoms with van der Waals surface area (Å²) in [4.78, 5) is 45.4. The van der Waals surface area contributed by atoms with Crippen LogP contribution in [0.1, 0.15) is 66.7 Å². The quantitative estimate of drug-likeness (QED) is 0.303. The van der Waals surface area contributed by atoms with Gasteiger partial charge in [-0.25, -0.2) is 9.18 Å². The Morgan fingerprint density at radius 2 is 1.93 bits per heavy atom. The predicted molar refractivity (Wildman–Crippen MR) is 162 cm³/mol. The Bertz CT molecular complexity index is 1620. The Morgan fingerprint density at radius 1 is 1.19 bits per heavy atom. The van der Waals surface area contributed by atoms with Crippen LogP contribution >= 0.6 is 11.6 Å². The van der Waals surface area contributed by atoms with Crippen molar-refractivity contribution in [3.05, 3.63) is 81.9 Å². The predicted octanol–water partition coefficient (Wildman–Crippen LogP) is 6.66. The third-order valence-corrected chi connectivity index (χ3v) is 8.93. The standard InChI is InChI=1S/C33H35ClFN3O5/c1-17-12-13-36-28-27(17)38-31(41)33(28)19(16-32(2,3)4)15-21(25(33)20-8-7-9-22(34)26(20)35)29(39)37-23-11-10-18(30(40)43-6)14-24(23)42-5/h7-14,19,21,25H,15-16H2,1-6H3,(H,37,39)(H,38,41)/t19-,21+,25-,33+/m0/s1. The minimum atomic E-state index is -1.33. The number of anilines is 2. The molecule has 5 rings (SSSR count). The maximum Gasteiger partial charge on any atom is 0.337 e.